The van der Waals surface area contributed by atoms with Crippen LogP contribution in [-0.4, -0.2) is 14.5 Å². The van der Waals surface area contributed by atoms with Crippen molar-refractivity contribution in [1.82, 2.24) is 0 Å². The summed E-state index contributed by atoms with van der Waals surface area (Å²) in [6, 6.07) is 0. The van der Waals surface area contributed by atoms with Crippen LogP contribution in [0.25, 0.3) is 0 Å². The molecular weight excluding hydrogens is 123 g/mol. The van der Waals surface area contributed by atoms with Crippen molar-refractivity contribution in [2.24, 2.45) is 0 Å². The molecule has 1 atom stereocenters. The van der Waals surface area contributed by atoms with Crippen LogP contribution in [0.5, 0.6) is 0 Å². The summed E-state index contributed by atoms with van der Waals surface area (Å²) in [5, 5.41) is 0. The molecule has 0 aliphatic carbocycles. The third-order valence-corrected chi connectivity index (χ3v) is 0.762. The molecule has 1 unspecified atom stereocenters. The average Bonchev–Trinajstić information content (AvgIpc) is 1.35. The topological polar surface area (TPSA) is 40.1 Å². The second-order valence-electron chi connectivity index (χ2n) is 0.759. The van der Waals surface area contributed by atoms with Crippen molar-refractivity contribution in [2.45, 2.75) is 0 Å². The van der Waals surface area contributed by atoms with E-state index in [9.17, 15) is 8.76 Å². The van der Waals surface area contributed by atoms with Crippen LogP contribution in [0.4, 0.5) is 0 Å². The fourth-order valence-corrected chi connectivity index (χ4v) is 0.289. The van der Waals surface area contributed by atoms with Crippen molar-refractivity contribution in [3.05, 3.63) is 12.7 Å². The molecule has 0 aliphatic heterocycles. The molecule has 0 spiro atoms. The monoisotopic (exact) mass is 128 g/mol. The largest absolute Gasteiger partial charge is 1.00 e. The van der Waals surface area contributed by atoms with Crippen LogP contribution in [0, 0.1) is 0 Å². The van der Waals surface area contributed by atoms with Gasteiger partial charge in [0.05, 0.1) is 0 Å². The molecule has 0 aliphatic rings. The van der Waals surface area contributed by atoms with Crippen LogP contribution < -0.4 is 29.6 Å². The van der Waals surface area contributed by atoms with Gasteiger partial charge in [-0.3, -0.25) is 4.21 Å². The summed E-state index contributed by atoms with van der Waals surface area (Å²) in [6.07, 6.45) is 1.34. The SMILES string of the molecule is C=CCS(=O)[O-].[Na+]. The zero-order chi connectivity index (χ0) is 4.99. The molecule has 0 aromatic heterocycles. The van der Waals surface area contributed by atoms with Gasteiger partial charge in [0.1, 0.15) is 0 Å². The van der Waals surface area contributed by atoms with E-state index in [2.05, 4.69) is 6.58 Å². The summed E-state index contributed by atoms with van der Waals surface area (Å²) in [5.74, 6) is 0.0556. The van der Waals surface area contributed by atoms with Gasteiger partial charge in [-0.25, -0.2) is 0 Å². The van der Waals surface area contributed by atoms with E-state index in [-0.39, 0.29) is 35.3 Å². The molecule has 7 heavy (non-hydrogen) atoms. The van der Waals surface area contributed by atoms with E-state index in [4.69, 9.17) is 0 Å². The third-order valence-electron chi connectivity index (χ3n) is 0.254. The van der Waals surface area contributed by atoms with E-state index in [1.54, 1.807) is 0 Å². The molecule has 0 bridgehead atoms. The zero-order valence-electron chi connectivity index (χ0n) is 4.22. The van der Waals surface area contributed by atoms with Gasteiger partial charge in [-0.15, -0.1) is 6.58 Å². The zero-order valence-corrected chi connectivity index (χ0v) is 7.03. The Balaban J connectivity index is 0. The second-order valence-corrected chi connectivity index (χ2v) is 1.70. The molecule has 0 heterocycles. The minimum Gasteiger partial charge on any atom is -0.772 e. The van der Waals surface area contributed by atoms with E-state index in [1.165, 1.54) is 6.08 Å². The van der Waals surface area contributed by atoms with Gasteiger partial charge in [-0.1, -0.05) is 17.2 Å². The van der Waals surface area contributed by atoms with Crippen LogP contribution in [0.1, 0.15) is 0 Å². The maximum absolute atomic E-state index is 9.53. The van der Waals surface area contributed by atoms with Crippen molar-refractivity contribution < 1.29 is 38.3 Å². The summed E-state index contributed by atoms with van der Waals surface area (Å²) in [4.78, 5) is 0. The van der Waals surface area contributed by atoms with E-state index >= 15 is 0 Å². The van der Waals surface area contributed by atoms with Gasteiger partial charge in [0, 0.05) is 5.75 Å². The molecule has 0 aromatic rings. The first kappa shape index (κ1) is 10.8. The fourth-order valence-electron chi connectivity index (χ4n) is 0.0962. The van der Waals surface area contributed by atoms with Gasteiger partial charge in [0.15, 0.2) is 0 Å². The maximum atomic E-state index is 9.53. The summed E-state index contributed by atoms with van der Waals surface area (Å²) in [6.45, 7) is 3.21. The van der Waals surface area contributed by atoms with Crippen LogP contribution in [0.15, 0.2) is 12.7 Å². The van der Waals surface area contributed by atoms with E-state index < -0.39 is 11.1 Å². The predicted molar refractivity (Wildman–Crippen MR) is 24.0 cm³/mol. The number of hydrogen-bond donors (Lipinski definition) is 0. The smallest absolute Gasteiger partial charge is 0.772 e. The molecule has 4 heteroatoms. The summed E-state index contributed by atoms with van der Waals surface area (Å²) in [5.41, 5.74) is 0. The first-order chi connectivity index (χ1) is 2.77. The Bertz CT molecular complexity index is 73.3. The van der Waals surface area contributed by atoms with Crippen molar-refractivity contribution in [1.29, 1.82) is 0 Å². The average molecular weight is 128 g/mol. The predicted octanol–water partition coefficient (Wildman–Crippen LogP) is -2.94. The van der Waals surface area contributed by atoms with Gasteiger partial charge in [-0.2, -0.15) is 0 Å². The summed E-state index contributed by atoms with van der Waals surface area (Å²) >= 11 is -1.93. The Hall–Kier alpha value is 0.850. The summed E-state index contributed by atoms with van der Waals surface area (Å²) in [7, 11) is 0. The van der Waals surface area contributed by atoms with Gasteiger partial charge < -0.3 is 4.55 Å². The van der Waals surface area contributed by atoms with E-state index in [0.717, 1.165) is 0 Å². The minimum atomic E-state index is -1.93. The Morgan fingerprint density at radius 3 is 2.29 bits per heavy atom. The van der Waals surface area contributed by atoms with Gasteiger partial charge in [-0.05, 0) is 0 Å². The normalized spacial score (nSPS) is 11.6. The molecule has 0 N–H and O–H groups in total. The van der Waals surface area contributed by atoms with Crippen molar-refractivity contribution in [3.63, 3.8) is 0 Å². The third kappa shape index (κ3) is 10.9. The van der Waals surface area contributed by atoms with Crippen LogP contribution in [0.2, 0.25) is 0 Å². The van der Waals surface area contributed by atoms with Crippen molar-refractivity contribution in [3.8, 4) is 0 Å². The van der Waals surface area contributed by atoms with E-state index in [0.29, 0.717) is 0 Å². The molecule has 0 amide bonds. The molecule has 0 aromatic carbocycles. The fraction of sp³-hybridized carbons (Fsp3) is 0.333. The molecule has 0 rings (SSSR count). The Morgan fingerprint density at radius 1 is 1.86 bits per heavy atom. The molecule has 0 radical (unpaired) electrons. The van der Waals surface area contributed by atoms with Crippen LogP contribution in [0.3, 0.4) is 0 Å². The molecule has 2 nitrogen and oxygen atoms in total. The van der Waals surface area contributed by atoms with Crippen molar-refractivity contribution >= 4 is 11.1 Å². The Labute approximate surface area is 67.6 Å². The van der Waals surface area contributed by atoms with Gasteiger partial charge in [0.25, 0.3) is 0 Å². The molecule has 0 saturated carbocycles. The molecule has 0 fully saturated rings. The Kier molecular flexibility index (Phi) is 10.5. The quantitative estimate of drug-likeness (QED) is 0.227. The first-order valence-corrected chi connectivity index (χ1v) is 2.68. The first-order valence-electron chi connectivity index (χ1n) is 1.44. The molecular formula is C3H5NaO2S. The Morgan fingerprint density at radius 2 is 2.29 bits per heavy atom. The minimum absolute atomic E-state index is 0. The standard InChI is InChI=1S/C3H6O2S.Na/c1-2-3-6(4)5;/h2H,1,3H2,(H,4,5);/q;+1/p-1. The van der Waals surface area contributed by atoms with Crippen LogP contribution in [-0.2, 0) is 11.1 Å². The molecule has 36 valence electrons. The van der Waals surface area contributed by atoms with E-state index in [1.807, 2.05) is 0 Å². The van der Waals surface area contributed by atoms with Crippen molar-refractivity contribution in [2.75, 3.05) is 5.75 Å². The van der Waals surface area contributed by atoms with Gasteiger partial charge >= 0.3 is 29.6 Å². The maximum Gasteiger partial charge on any atom is 1.00 e. The number of rotatable bonds is 2. The summed E-state index contributed by atoms with van der Waals surface area (Å²) < 4.78 is 19.1. The van der Waals surface area contributed by atoms with Gasteiger partial charge in [0.2, 0.25) is 0 Å². The number of hydrogen-bond acceptors (Lipinski definition) is 2. The van der Waals surface area contributed by atoms with Crippen LogP contribution >= 0.6 is 0 Å². The second kappa shape index (κ2) is 6.85. The molecule has 0 saturated heterocycles.